The number of hydrogen-bond donors (Lipinski definition) is 1. The SMILES string of the molecule is CC[C@H](Nc1ccc(N2CCOCC2)nc1)c1cnn(C)c1. The summed E-state index contributed by atoms with van der Waals surface area (Å²) < 4.78 is 7.21. The van der Waals surface area contributed by atoms with Gasteiger partial charge < -0.3 is 15.0 Å². The number of hydrogen-bond acceptors (Lipinski definition) is 5. The summed E-state index contributed by atoms with van der Waals surface area (Å²) in [5, 5.41) is 7.77. The number of pyridine rings is 1. The minimum absolute atomic E-state index is 0.254. The minimum atomic E-state index is 0.254. The molecule has 2 aromatic rings. The molecule has 0 saturated carbocycles. The molecule has 1 atom stereocenters. The predicted molar refractivity (Wildman–Crippen MR) is 87.1 cm³/mol. The van der Waals surface area contributed by atoms with Crippen LogP contribution in [0.2, 0.25) is 0 Å². The normalized spacial score (nSPS) is 16.5. The van der Waals surface area contributed by atoms with Crippen molar-refractivity contribution in [2.24, 2.45) is 7.05 Å². The van der Waals surface area contributed by atoms with Crippen molar-refractivity contribution in [1.29, 1.82) is 0 Å². The fraction of sp³-hybridized carbons (Fsp3) is 0.500. The summed E-state index contributed by atoms with van der Waals surface area (Å²) in [6, 6.07) is 4.42. The summed E-state index contributed by atoms with van der Waals surface area (Å²) >= 11 is 0. The maximum absolute atomic E-state index is 5.37. The van der Waals surface area contributed by atoms with Crippen LogP contribution in [0, 0.1) is 0 Å². The minimum Gasteiger partial charge on any atom is -0.378 e. The molecule has 1 aliphatic rings. The van der Waals surface area contributed by atoms with Gasteiger partial charge in [-0.2, -0.15) is 5.10 Å². The summed E-state index contributed by atoms with van der Waals surface area (Å²) in [7, 11) is 1.94. The number of anilines is 2. The second kappa shape index (κ2) is 6.79. The van der Waals surface area contributed by atoms with Crippen LogP contribution in [0.4, 0.5) is 11.5 Å². The number of rotatable bonds is 5. The van der Waals surface area contributed by atoms with Gasteiger partial charge in [-0.1, -0.05) is 6.92 Å². The monoisotopic (exact) mass is 301 g/mol. The molecule has 1 N–H and O–H groups in total. The van der Waals surface area contributed by atoms with E-state index in [4.69, 9.17) is 4.74 Å². The van der Waals surface area contributed by atoms with E-state index in [9.17, 15) is 0 Å². The van der Waals surface area contributed by atoms with E-state index in [1.807, 2.05) is 24.1 Å². The molecule has 1 fully saturated rings. The molecule has 0 aromatic carbocycles. The highest BCUT2D eigenvalue weighted by molar-refractivity contribution is 5.50. The van der Waals surface area contributed by atoms with Crippen molar-refractivity contribution in [1.82, 2.24) is 14.8 Å². The first-order valence-electron chi connectivity index (χ1n) is 7.80. The first kappa shape index (κ1) is 14.8. The Morgan fingerprint density at radius 3 is 2.68 bits per heavy atom. The van der Waals surface area contributed by atoms with Gasteiger partial charge in [-0.25, -0.2) is 4.98 Å². The Morgan fingerprint density at radius 1 is 1.27 bits per heavy atom. The van der Waals surface area contributed by atoms with Gasteiger partial charge in [-0.15, -0.1) is 0 Å². The predicted octanol–water partition coefficient (Wildman–Crippen LogP) is 2.21. The van der Waals surface area contributed by atoms with E-state index in [0.29, 0.717) is 0 Å². The van der Waals surface area contributed by atoms with Gasteiger partial charge in [0, 0.05) is 31.9 Å². The number of nitrogens with one attached hydrogen (secondary N) is 1. The van der Waals surface area contributed by atoms with E-state index < -0.39 is 0 Å². The molecule has 0 bridgehead atoms. The lowest BCUT2D eigenvalue weighted by Crippen LogP contribution is -2.36. The molecule has 6 heteroatoms. The second-order valence-electron chi connectivity index (χ2n) is 5.56. The fourth-order valence-electron chi connectivity index (χ4n) is 2.69. The fourth-order valence-corrected chi connectivity index (χ4v) is 2.69. The molecule has 3 rings (SSSR count). The summed E-state index contributed by atoms with van der Waals surface area (Å²) in [6.45, 7) is 5.54. The van der Waals surface area contributed by atoms with Crippen LogP contribution in [0.25, 0.3) is 0 Å². The van der Waals surface area contributed by atoms with Gasteiger partial charge >= 0.3 is 0 Å². The molecule has 0 radical (unpaired) electrons. The average Bonchev–Trinajstić information content (AvgIpc) is 3.00. The van der Waals surface area contributed by atoms with E-state index in [-0.39, 0.29) is 6.04 Å². The molecule has 3 heterocycles. The Kier molecular flexibility index (Phi) is 4.58. The lowest BCUT2D eigenvalue weighted by Gasteiger charge is -2.28. The molecular weight excluding hydrogens is 278 g/mol. The number of aromatic nitrogens is 3. The van der Waals surface area contributed by atoms with E-state index in [1.165, 1.54) is 5.56 Å². The van der Waals surface area contributed by atoms with Crippen LogP contribution < -0.4 is 10.2 Å². The van der Waals surface area contributed by atoms with Crippen molar-refractivity contribution in [2.45, 2.75) is 19.4 Å². The quantitative estimate of drug-likeness (QED) is 0.917. The summed E-state index contributed by atoms with van der Waals surface area (Å²) in [4.78, 5) is 6.83. The zero-order valence-corrected chi connectivity index (χ0v) is 13.2. The summed E-state index contributed by atoms with van der Waals surface area (Å²) in [5.41, 5.74) is 2.23. The molecule has 2 aromatic heterocycles. The van der Waals surface area contributed by atoms with Gasteiger partial charge in [0.25, 0.3) is 0 Å². The molecule has 118 valence electrons. The van der Waals surface area contributed by atoms with Crippen LogP contribution in [-0.4, -0.2) is 41.1 Å². The van der Waals surface area contributed by atoms with Crippen LogP contribution >= 0.6 is 0 Å². The largest absolute Gasteiger partial charge is 0.378 e. The van der Waals surface area contributed by atoms with Crippen LogP contribution in [0.3, 0.4) is 0 Å². The molecule has 22 heavy (non-hydrogen) atoms. The molecule has 0 amide bonds. The third kappa shape index (κ3) is 3.39. The number of nitrogens with zero attached hydrogens (tertiary/aromatic N) is 4. The van der Waals surface area contributed by atoms with Crippen molar-refractivity contribution in [3.05, 3.63) is 36.3 Å². The summed E-state index contributed by atoms with van der Waals surface area (Å²) in [6.07, 6.45) is 6.87. The molecular formula is C16H23N5O. The van der Waals surface area contributed by atoms with Gasteiger partial charge in [-0.3, -0.25) is 4.68 Å². The highest BCUT2D eigenvalue weighted by Crippen LogP contribution is 2.23. The van der Waals surface area contributed by atoms with Crippen molar-refractivity contribution in [2.75, 3.05) is 36.5 Å². The molecule has 0 aliphatic carbocycles. The first-order chi connectivity index (χ1) is 10.8. The number of morpholine rings is 1. The van der Waals surface area contributed by atoms with Crippen LogP contribution in [0.5, 0.6) is 0 Å². The Balaban J connectivity index is 1.67. The second-order valence-corrected chi connectivity index (χ2v) is 5.56. The van der Waals surface area contributed by atoms with Gasteiger partial charge in [0.2, 0.25) is 0 Å². The van der Waals surface area contributed by atoms with Crippen molar-refractivity contribution in [3.8, 4) is 0 Å². The van der Waals surface area contributed by atoms with Crippen LogP contribution in [-0.2, 0) is 11.8 Å². The summed E-state index contributed by atoms with van der Waals surface area (Å²) in [5.74, 6) is 1.02. The van der Waals surface area contributed by atoms with E-state index in [1.54, 1.807) is 0 Å². The highest BCUT2D eigenvalue weighted by Gasteiger charge is 2.14. The molecule has 0 spiro atoms. The van der Waals surface area contributed by atoms with E-state index in [0.717, 1.165) is 44.2 Å². The van der Waals surface area contributed by atoms with Crippen LogP contribution in [0.1, 0.15) is 24.9 Å². The lowest BCUT2D eigenvalue weighted by atomic mass is 10.1. The Hall–Kier alpha value is -2.08. The standard InChI is InChI=1S/C16H23N5O/c1-3-15(13-10-18-20(2)12-13)19-14-4-5-16(17-11-14)21-6-8-22-9-7-21/h4-5,10-12,15,19H,3,6-9H2,1-2H3/t15-/m0/s1. The number of ether oxygens (including phenoxy) is 1. The molecule has 1 aliphatic heterocycles. The maximum atomic E-state index is 5.37. The average molecular weight is 301 g/mol. The van der Waals surface area contributed by atoms with Crippen LogP contribution in [0.15, 0.2) is 30.7 Å². The smallest absolute Gasteiger partial charge is 0.128 e. The lowest BCUT2D eigenvalue weighted by molar-refractivity contribution is 0.122. The first-order valence-corrected chi connectivity index (χ1v) is 7.80. The van der Waals surface area contributed by atoms with Crippen molar-refractivity contribution in [3.63, 3.8) is 0 Å². The maximum Gasteiger partial charge on any atom is 0.128 e. The zero-order valence-electron chi connectivity index (χ0n) is 13.2. The molecule has 1 saturated heterocycles. The topological polar surface area (TPSA) is 55.2 Å². The van der Waals surface area contributed by atoms with Gasteiger partial charge in [-0.05, 0) is 18.6 Å². The van der Waals surface area contributed by atoms with Crippen molar-refractivity contribution >= 4 is 11.5 Å². The molecule has 0 unspecified atom stereocenters. The Labute approximate surface area is 131 Å². The number of aryl methyl sites for hydroxylation is 1. The van der Waals surface area contributed by atoms with Crippen molar-refractivity contribution < 1.29 is 4.74 Å². The third-order valence-electron chi connectivity index (χ3n) is 3.96. The highest BCUT2D eigenvalue weighted by atomic mass is 16.5. The third-order valence-corrected chi connectivity index (χ3v) is 3.96. The van der Waals surface area contributed by atoms with Gasteiger partial charge in [0.1, 0.15) is 5.82 Å². The zero-order chi connectivity index (χ0) is 15.4. The van der Waals surface area contributed by atoms with Gasteiger partial charge in [0.05, 0.1) is 37.3 Å². The Bertz CT molecular complexity index is 589. The van der Waals surface area contributed by atoms with E-state index in [2.05, 4.69) is 45.6 Å². The van der Waals surface area contributed by atoms with Gasteiger partial charge in [0.15, 0.2) is 0 Å². The molecule has 6 nitrogen and oxygen atoms in total. The van der Waals surface area contributed by atoms with E-state index >= 15 is 0 Å². The Morgan fingerprint density at radius 2 is 2.09 bits per heavy atom.